The average Bonchev–Trinajstić information content (AvgIpc) is 2.83. The van der Waals surface area contributed by atoms with Crippen LogP contribution in [0.3, 0.4) is 0 Å². The topological polar surface area (TPSA) is 40.5 Å². The van der Waals surface area contributed by atoms with E-state index in [9.17, 15) is 4.79 Å². The zero-order chi connectivity index (χ0) is 15.5. The van der Waals surface area contributed by atoms with Crippen LogP contribution in [0.25, 0.3) is 6.08 Å². The third kappa shape index (κ3) is 4.97. The molecule has 0 aromatic carbocycles. The van der Waals surface area contributed by atoms with Gasteiger partial charge in [-0.25, -0.2) is 4.79 Å². The molecule has 0 aliphatic carbocycles. The van der Waals surface area contributed by atoms with E-state index >= 15 is 0 Å². The van der Waals surface area contributed by atoms with E-state index in [0.29, 0.717) is 5.41 Å². The van der Waals surface area contributed by atoms with E-state index in [4.69, 9.17) is 5.11 Å². The second kappa shape index (κ2) is 6.75. The summed E-state index contributed by atoms with van der Waals surface area (Å²) in [4.78, 5) is 14.3. The fraction of sp³-hybridized carbons (Fsp3) is 0.588. The first kappa shape index (κ1) is 16.2. The van der Waals surface area contributed by atoms with E-state index < -0.39 is 5.97 Å². The Morgan fingerprint density at radius 2 is 2.10 bits per heavy atom. The smallest absolute Gasteiger partial charge is 0.328 e. The van der Waals surface area contributed by atoms with Gasteiger partial charge >= 0.3 is 5.97 Å². The lowest BCUT2D eigenvalue weighted by molar-refractivity contribution is -0.131. The highest BCUT2D eigenvalue weighted by atomic mass is 32.1. The Bertz CT molecular complexity index is 505. The first-order chi connectivity index (χ1) is 9.84. The molecule has 1 saturated heterocycles. The Kier molecular flexibility index (Phi) is 5.22. The van der Waals surface area contributed by atoms with Crippen LogP contribution in [0.4, 0.5) is 0 Å². The lowest BCUT2D eigenvalue weighted by atomic mass is 9.75. The Labute approximate surface area is 131 Å². The van der Waals surface area contributed by atoms with E-state index in [1.807, 2.05) is 5.38 Å². The molecule has 1 N–H and O–H groups in total. The van der Waals surface area contributed by atoms with E-state index in [2.05, 4.69) is 31.7 Å². The number of hydrogen-bond donors (Lipinski definition) is 1. The summed E-state index contributed by atoms with van der Waals surface area (Å²) in [5, 5.41) is 10.7. The molecule has 21 heavy (non-hydrogen) atoms. The van der Waals surface area contributed by atoms with Crippen molar-refractivity contribution in [2.45, 2.75) is 40.2 Å². The lowest BCUT2D eigenvalue weighted by Crippen LogP contribution is -2.37. The van der Waals surface area contributed by atoms with Crippen molar-refractivity contribution in [1.82, 2.24) is 4.90 Å². The zero-order valence-electron chi connectivity index (χ0n) is 13.1. The monoisotopic (exact) mass is 307 g/mol. The van der Waals surface area contributed by atoms with Gasteiger partial charge < -0.3 is 5.11 Å². The van der Waals surface area contributed by atoms with Crippen molar-refractivity contribution in [3.05, 3.63) is 28.0 Å². The molecule has 0 unspecified atom stereocenters. The van der Waals surface area contributed by atoms with Gasteiger partial charge in [0.2, 0.25) is 0 Å². The van der Waals surface area contributed by atoms with Crippen molar-refractivity contribution in [1.29, 1.82) is 0 Å². The van der Waals surface area contributed by atoms with Crippen molar-refractivity contribution >= 4 is 23.4 Å². The Balaban J connectivity index is 1.85. The summed E-state index contributed by atoms with van der Waals surface area (Å²) in [6, 6.07) is 2.10. The minimum atomic E-state index is -0.896. The quantitative estimate of drug-likeness (QED) is 0.851. The molecule has 3 nitrogen and oxygen atoms in total. The molecule has 0 spiro atoms. The second-order valence-electron chi connectivity index (χ2n) is 6.93. The first-order valence-corrected chi connectivity index (χ1v) is 8.43. The van der Waals surface area contributed by atoms with Crippen LogP contribution in [0.5, 0.6) is 0 Å². The molecule has 0 bridgehead atoms. The summed E-state index contributed by atoms with van der Waals surface area (Å²) in [5.41, 5.74) is 1.41. The molecule has 0 atom stereocenters. The Morgan fingerprint density at radius 3 is 2.67 bits per heavy atom. The summed E-state index contributed by atoms with van der Waals surface area (Å²) >= 11 is 1.72. The van der Waals surface area contributed by atoms with E-state index in [1.165, 1.54) is 36.9 Å². The Morgan fingerprint density at radius 1 is 1.43 bits per heavy atom. The number of thiophene rings is 1. The van der Waals surface area contributed by atoms with Gasteiger partial charge in [-0.3, -0.25) is 4.90 Å². The standard InChI is InChI=1S/C17H25NO2S/c1-17(2,3)14-6-8-18(9-7-14)11-15-10-13(12-21-15)4-5-16(19)20/h4-5,10,12,14H,6-9,11H2,1-3H3,(H,19,20). The minimum Gasteiger partial charge on any atom is -0.478 e. The highest BCUT2D eigenvalue weighted by Crippen LogP contribution is 2.34. The maximum absolute atomic E-state index is 10.5. The molecule has 4 heteroatoms. The largest absolute Gasteiger partial charge is 0.478 e. The summed E-state index contributed by atoms with van der Waals surface area (Å²) in [7, 11) is 0. The van der Waals surface area contributed by atoms with Crippen LogP contribution in [0.2, 0.25) is 0 Å². The summed E-state index contributed by atoms with van der Waals surface area (Å²) in [5.74, 6) is -0.0712. The molecule has 0 amide bonds. The molecule has 1 aromatic rings. The summed E-state index contributed by atoms with van der Waals surface area (Å²) < 4.78 is 0. The third-order valence-electron chi connectivity index (χ3n) is 4.28. The Hall–Kier alpha value is -1.13. The van der Waals surface area contributed by atoms with Gasteiger partial charge in [0.25, 0.3) is 0 Å². The maximum Gasteiger partial charge on any atom is 0.328 e. The minimum absolute atomic E-state index is 0.420. The van der Waals surface area contributed by atoms with E-state index in [0.717, 1.165) is 18.0 Å². The summed E-state index contributed by atoms with van der Waals surface area (Å²) in [6.45, 7) is 10.3. The van der Waals surface area contributed by atoms with Gasteiger partial charge in [0.05, 0.1) is 0 Å². The SMILES string of the molecule is CC(C)(C)C1CCN(Cc2cc(C=CC(=O)O)cs2)CC1. The predicted molar refractivity (Wildman–Crippen MR) is 88.4 cm³/mol. The number of carboxylic acid groups (broad SMARTS) is 1. The summed E-state index contributed by atoms with van der Waals surface area (Å²) in [6.07, 6.45) is 5.41. The third-order valence-corrected chi connectivity index (χ3v) is 5.22. The average molecular weight is 307 g/mol. The first-order valence-electron chi connectivity index (χ1n) is 7.55. The number of hydrogen-bond acceptors (Lipinski definition) is 3. The molecule has 1 aliphatic rings. The van der Waals surface area contributed by atoms with Crippen LogP contribution in [-0.2, 0) is 11.3 Å². The molecular formula is C17H25NO2S. The van der Waals surface area contributed by atoms with Crippen LogP contribution in [-0.4, -0.2) is 29.1 Å². The van der Waals surface area contributed by atoms with Gasteiger partial charge in [-0.05, 0) is 60.3 Å². The van der Waals surface area contributed by atoms with Gasteiger partial charge in [0.1, 0.15) is 0 Å². The van der Waals surface area contributed by atoms with Gasteiger partial charge in [-0.2, -0.15) is 0 Å². The van der Waals surface area contributed by atoms with Crippen LogP contribution in [0.1, 0.15) is 44.1 Å². The molecule has 1 aliphatic heterocycles. The molecule has 2 heterocycles. The number of piperidine rings is 1. The zero-order valence-corrected chi connectivity index (χ0v) is 13.9. The predicted octanol–water partition coefficient (Wildman–Crippen LogP) is 4.10. The number of nitrogens with zero attached hydrogens (tertiary/aromatic N) is 1. The van der Waals surface area contributed by atoms with Crippen LogP contribution in [0.15, 0.2) is 17.5 Å². The lowest BCUT2D eigenvalue weighted by Gasteiger charge is -2.38. The second-order valence-corrected chi connectivity index (χ2v) is 7.93. The van der Waals surface area contributed by atoms with Crippen LogP contribution in [0, 0.1) is 11.3 Å². The molecule has 116 valence electrons. The number of likely N-dealkylation sites (tertiary alicyclic amines) is 1. The van der Waals surface area contributed by atoms with Crippen molar-refractivity contribution in [2.24, 2.45) is 11.3 Å². The fourth-order valence-corrected chi connectivity index (χ4v) is 3.81. The molecule has 0 radical (unpaired) electrons. The van der Waals surface area contributed by atoms with Gasteiger partial charge in [-0.1, -0.05) is 20.8 Å². The molecule has 0 saturated carbocycles. The highest BCUT2D eigenvalue weighted by Gasteiger charge is 2.28. The van der Waals surface area contributed by atoms with Gasteiger partial charge in [0.15, 0.2) is 0 Å². The van der Waals surface area contributed by atoms with E-state index in [-0.39, 0.29) is 0 Å². The maximum atomic E-state index is 10.5. The van der Waals surface area contributed by atoms with Crippen molar-refractivity contribution in [2.75, 3.05) is 13.1 Å². The van der Waals surface area contributed by atoms with E-state index in [1.54, 1.807) is 17.4 Å². The number of rotatable bonds is 4. The number of aliphatic carboxylic acids is 1. The van der Waals surface area contributed by atoms with Crippen molar-refractivity contribution in [3.8, 4) is 0 Å². The van der Waals surface area contributed by atoms with Gasteiger partial charge in [-0.15, -0.1) is 11.3 Å². The van der Waals surface area contributed by atoms with Crippen LogP contribution >= 0.6 is 11.3 Å². The van der Waals surface area contributed by atoms with Gasteiger partial charge in [0, 0.05) is 17.5 Å². The number of carbonyl (C=O) groups is 1. The van der Waals surface area contributed by atoms with Crippen molar-refractivity contribution < 1.29 is 9.90 Å². The molecular weight excluding hydrogens is 282 g/mol. The normalized spacial score (nSPS) is 18.4. The fourth-order valence-electron chi connectivity index (χ4n) is 2.91. The number of carboxylic acids is 1. The van der Waals surface area contributed by atoms with Crippen molar-refractivity contribution in [3.63, 3.8) is 0 Å². The van der Waals surface area contributed by atoms with Crippen LogP contribution < -0.4 is 0 Å². The highest BCUT2D eigenvalue weighted by molar-refractivity contribution is 7.10. The molecule has 2 rings (SSSR count). The molecule has 1 fully saturated rings. The molecule has 1 aromatic heterocycles.